The summed E-state index contributed by atoms with van der Waals surface area (Å²) in [7, 11) is 0. The molecule has 26 heavy (non-hydrogen) atoms. The minimum absolute atomic E-state index is 0.104. The van der Waals surface area contributed by atoms with Crippen molar-refractivity contribution in [3.63, 3.8) is 0 Å². The first-order valence-corrected chi connectivity index (χ1v) is 9.79. The number of carbonyl (C=O) groups is 2. The lowest BCUT2D eigenvalue weighted by molar-refractivity contribution is -0.154. The van der Waals surface area contributed by atoms with Crippen LogP contribution in [0.5, 0.6) is 5.75 Å². The van der Waals surface area contributed by atoms with Gasteiger partial charge >= 0.3 is 5.97 Å². The third kappa shape index (κ3) is 4.58. The van der Waals surface area contributed by atoms with E-state index < -0.39 is 5.97 Å². The molecule has 1 aliphatic carbocycles. The van der Waals surface area contributed by atoms with Crippen molar-refractivity contribution in [2.45, 2.75) is 46.1 Å². The van der Waals surface area contributed by atoms with Gasteiger partial charge in [0.2, 0.25) is 0 Å². The minimum atomic E-state index is -0.535. The first kappa shape index (κ1) is 19.2. The summed E-state index contributed by atoms with van der Waals surface area (Å²) in [6, 6.07) is 7.48. The summed E-state index contributed by atoms with van der Waals surface area (Å²) in [5, 5.41) is 0. The van der Waals surface area contributed by atoms with Crippen molar-refractivity contribution < 1.29 is 19.1 Å². The molecule has 6 heteroatoms. The molecule has 1 saturated heterocycles. The Balaban J connectivity index is 1.47. The third-order valence-electron chi connectivity index (χ3n) is 5.24. The molecule has 1 heterocycles. The molecule has 2 atom stereocenters. The van der Waals surface area contributed by atoms with Crippen LogP contribution in [0.3, 0.4) is 0 Å². The number of hydrogen-bond acceptors (Lipinski definition) is 4. The van der Waals surface area contributed by atoms with Crippen molar-refractivity contribution in [2.24, 2.45) is 10.8 Å². The average Bonchev–Trinajstić information content (AvgIpc) is 2.79. The minimum Gasteiger partial charge on any atom is -0.482 e. The standard InChI is InChI=1S/C20H26BrNO4/c1-19(2)8-15-9-20(3,12-19)13-22(15)17(23)10-26-18(24)11-25-16-6-4-5-14(21)7-16/h4-7,15H,8-13H2,1-3H3/t15-,20-/m0/s1. The number of halogens is 1. The van der Waals surface area contributed by atoms with Crippen LogP contribution in [0.1, 0.15) is 40.0 Å². The molecule has 142 valence electrons. The summed E-state index contributed by atoms with van der Waals surface area (Å²) in [6.45, 7) is 7.12. The largest absolute Gasteiger partial charge is 0.482 e. The van der Waals surface area contributed by atoms with E-state index in [2.05, 4.69) is 36.7 Å². The molecule has 1 aromatic rings. The number of likely N-dealkylation sites (tertiary alicyclic amines) is 1. The Labute approximate surface area is 163 Å². The maximum absolute atomic E-state index is 12.6. The molecule has 5 nitrogen and oxygen atoms in total. The Morgan fingerprint density at radius 1 is 1.23 bits per heavy atom. The lowest BCUT2D eigenvalue weighted by Crippen LogP contribution is -2.40. The number of carbonyl (C=O) groups excluding carboxylic acids is 2. The highest BCUT2D eigenvalue weighted by atomic mass is 79.9. The molecule has 0 unspecified atom stereocenters. The predicted molar refractivity (Wildman–Crippen MR) is 102 cm³/mol. The molecular formula is C20H26BrNO4. The molecule has 0 radical (unpaired) electrons. The number of ether oxygens (including phenoxy) is 2. The van der Waals surface area contributed by atoms with Crippen LogP contribution < -0.4 is 4.74 Å². The smallest absolute Gasteiger partial charge is 0.344 e. The summed E-state index contributed by atoms with van der Waals surface area (Å²) in [5.74, 6) is -0.0644. The Morgan fingerprint density at radius 2 is 2.00 bits per heavy atom. The highest BCUT2D eigenvalue weighted by Crippen LogP contribution is 2.52. The Kier molecular flexibility index (Phi) is 5.33. The molecule has 0 spiro atoms. The normalized spacial score (nSPS) is 26.5. The maximum atomic E-state index is 12.6. The van der Waals surface area contributed by atoms with Gasteiger partial charge in [0.1, 0.15) is 5.75 Å². The second-order valence-electron chi connectivity index (χ2n) is 8.64. The molecule has 2 aliphatic rings. The molecule has 1 aromatic carbocycles. The first-order chi connectivity index (χ1) is 12.2. The summed E-state index contributed by atoms with van der Waals surface area (Å²) >= 11 is 3.34. The topological polar surface area (TPSA) is 55.8 Å². The van der Waals surface area contributed by atoms with Crippen molar-refractivity contribution in [3.8, 4) is 5.75 Å². The fourth-order valence-corrected chi connectivity index (χ4v) is 5.10. The van der Waals surface area contributed by atoms with E-state index in [-0.39, 0.29) is 36.0 Å². The van der Waals surface area contributed by atoms with Crippen molar-refractivity contribution >= 4 is 27.8 Å². The zero-order valence-electron chi connectivity index (χ0n) is 15.6. The van der Waals surface area contributed by atoms with Crippen molar-refractivity contribution in [1.29, 1.82) is 0 Å². The van der Waals surface area contributed by atoms with E-state index in [4.69, 9.17) is 9.47 Å². The van der Waals surface area contributed by atoms with E-state index >= 15 is 0 Å². The van der Waals surface area contributed by atoms with E-state index in [9.17, 15) is 9.59 Å². The first-order valence-electron chi connectivity index (χ1n) is 8.99. The van der Waals surface area contributed by atoms with Gasteiger partial charge in [-0.2, -0.15) is 0 Å². The van der Waals surface area contributed by atoms with E-state index in [1.807, 2.05) is 17.0 Å². The zero-order valence-corrected chi connectivity index (χ0v) is 17.2. The van der Waals surface area contributed by atoms with E-state index in [1.165, 1.54) is 0 Å². The van der Waals surface area contributed by atoms with Crippen LogP contribution in [-0.2, 0) is 14.3 Å². The van der Waals surface area contributed by atoms with Gasteiger partial charge in [-0.1, -0.05) is 42.8 Å². The number of nitrogens with zero attached hydrogens (tertiary/aromatic N) is 1. The number of hydrogen-bond donors (Lipinski definition) is 0. The average molecular weight is 424 g/mol. The summed E-state index contributed by atoms with van der Waals surface area (Å²) in [4.78, 5) is 26.4. The van der Waals surface area contributed by atoms with Crippen LogP contribution in [0.25, 0.3) is 0 Å². The fraction of sp³-hybridized carbons (Fsp3) is 0.600. The van der Waals surface area contributed by atoms with Gasteiger partial charge in [-0.05, 0) is 48.3 Å². The summed E-state index contributed by atoms with van der Waals surface area (Å²) in [6.07, 6.45) is 3.18. The van der Waals surface area contributed by atoms with Gasteiger partial charge in [0.05, 0.1) is 0 Å². The lowest BCUT2D eigenvalue weighted by atomic mass is 9.65. The van der Waals surface area contributed by atoms with Gasteiger partial charge in [-0.15, -0.1) is 0 Å². The van der Waals surface area contributed by atoms with Gasteiger partial charge in [0.25, 0.3) is 5.91 Å². The third-order valence-corrected chi connectivity index (χ3v) is 5.74. The zero-order chi connectivity index (χ0) is 18.9. The Morgan fingerprint density at radius 3 is 2.73 bits per heavy atom. The Bertz CT molecular complexity index is 705. The highest BCUT2D eigenvalue weighted by Gasteiger charge is 2.50. The molecular weight excluding hydrogens is 398 g/mol. The molecule has 0 aromatic heterocycles. The van der Waals surface area contributed by atoms with Crippen molar-refractivity contribution in [3.05, 3.63) is 28.7 Å². The molecule has 1 saturated carbocycles. The number of amides is 1. The van der Waals surface area contributed by atoms with Crippen LogP contribution in [0.2, 0.25) is 0 Å². The maximum Gasteiger partial charge on any atom is 0.344 e. The monoisotopic (exact) mass is 423 g/mol. The molecule has 1 amide bonds. The van der Waals surface area contributed by atoms with Crippen LogP contribution in [0, 0.1) is 10.8 Å². The second kappa shape index (κ2) is 7.22. The Hall–Kier alpha value is -1.56. The summed E-state index contributed by atoms with van der Waals surface area (Å²) in [5.41, 5.74) is 0.428. The van der Waals surface area contributed by atoms with Gasteiger partial charge in [0.15, 0.2) is 13.2 Å². The van der Waals surface area contributed by atoms with Crippen LogP contribution in [0.4, 0.5) is 0 Å². The second-order valence-corrected chi connectivity index (χ2v) is 9.56. The molecule has 2 fully saturated rings. The fourth-order valence-electron chi connectivity index (χ4n) is 4.72. The molecule has 1 aliphatic heterocycles. The SMILES string of the molecule is CC1(C)C[C@H]2C[C@](C)(CN2C(=O)COC(=O)COc2cccc(Br)c2)C1. The van der Waals surface area contributed by atoms with E-state index in [0.29, 0.717) is 5.75 Å². The van der Waals surface area contributed by atoms with Gasteiger partial charge < -0.3 is 14.4 Å². The molecule has 3 rings (SSSR count). The lowest BCUT2D eigenvalue weighted by Gasteiger charge is -2.39. The van der Waals surface area contributed by atoms with Crippen molar-refractivity contribution in [2.75, 3.05) is 19.8 Å². The summed E-state index contributed by atoms with van der Waals surface area (Å²) < 4.78 is 11.4. The van der Waals surface area contributed by atoms with E-state index in [1.54, 1.807) is 12.1 Å². The number of esters is 1. The van der Waals surface area contributed by atoms with Crippen molar-refractivity contribution in [1.82, 2.24) is 4.90 Å². The quantitative estimate of drug-likeness (QED) is 0.675. The molecule has 2 bridgehead atoms. The van der Waals surface area contributed by atoms with Crippen LogP contribution >= 0.6 is 15.9 Å². The van der Waals surface area contributed by atoms with Crippen LogP contribution in [-0.4, -0.2) is 42.6 Å². The van der Waals surface area contributed by atoms with Crippen LogP contribution in [0.15, 0.2) is 28.7 Å². The van der Waals surface area contributed by atoms with Gasteiger partial charge in [-0.25, -0.2) is 4.79 Å². The predicted octanol–water partition coefficient (Wildman–Crippen LogP) is 3.80. The molecule has 0 N–H and O–H groups in total. The number of fused-ring (bicyclic) bond motifs is 2. The highest BCUT2D eigenvalue weighted by molar-refractivity contribution is 9.10. The van der Waals surface area contributed by atoms with Gasteiger partial charge in [0, 0.05) is 17.1 Å². The van der Waals surface area contributed by atoms with E-state index in [0.717, 1.165) is 30.3 Å². The number of benzene rings is 1. The number of rotatable bonds is 5. The van der Waals surface area contributed by atoms with Gasteiger partial charge in [-0.3, -0.25) is 4.79 Å².